The lowest BCUT2D eigenvalue weighted by Crippen LogP contribution is -2.38. The molecule has 5 rings (SSSR count). The number of carbonyl (C=O) groups excluding carboxylic acids is 1. The number of nitrogens with one attached hydrogen (secondary N) is 1. The van der Waals surface area contributed by atoms with Crippen LogP contribution in [0.1, 0.15) is 12.0 Å². The monoisotopic (exact) mass is 484 g/mol. The van der Waals surface area contributed by atoms with Crippen molar-refractivity contribution in [2.45, 2.75) is 19.2 Å². The Morgan fingerprint density at radius 1 is 1.31 bits per heavy atom. The number of hydrogen-bond acceptors (Lipinski definition) is 8. The van der Waals surface area contributed by atoms with Crippen LogP contribution in [0.5, 0.6) is 5.88 Å². The molecule has 11 heteroatoms. The zero-order valence-electron chi connectivity index (χ0n) is 19.7. The first-order valence-corrected chi connectivity index (χ1v) is 11.3. The summed E-state index contributed by atoms with van der Waals surface area (Å²) < 4.78 is 40.9. The molecular weight excluding hydrogens is 458 g/mol. The molecule has 9 nitrogen and oxygen atoms in total. The minimum absolute atomic E-state index is 0.00492. The van der Waals surface area contributed by atoms with Crippen molar-refractivity contribution in [1.82, 2.24) is 14.9 Å². The number of pyridine rings is 2. The molecule has 1 fully saturated rings. The molecule has 3 N–H and O–H groups in total. The first kappa shape index (κ1) is 23.0. The molecule has 0 aliphatic carbocycles. The number of fused-ring (bicyclic) bond motifs is 2. The van der Waals surface area contributed by atoms with E-state index < -0.39 is 17.8 Å². The summed E-state index contributed by atoms with van der Waals surface area (Å²) >= 11 is 0. The number of amides is 1. The van der Waals surface area contributed by atoms with Crippen LogP contribution in [-0.2, 0) is 4.74 Å². The molecular formula is C24H26F2N6O3. The summed E-state index contributed by atoms with van der Waals surface area (Å²) in [7, 11) is 3.20. The van der Waals surface area contributed by atoms with Gasteiger partial charge in [-0.15, -0.1) is 0 Å². The molecule has 1 saturated heterocycles. The number of nitrogens with two attached hydrogens (primary N) is 1. The SMILES string of the molecule is Cc1c(-c2cc3cc(N(C)C(=O)O[C@@]4(F)CCN(C)C4)ncc3c(N)c2F)cnc2c1NCCO2. The van der Waals surface area contributed by atoms with Crippen molar-refractivity contribution in [3.05, 3.63) is 35.9 Å². The lowest BCUT2D eigenvalue weighted by Gasteiger charge is -2.24. The summed E-state index contributed by atoms with van der Waals surface area (Å²) in [6.45, 7) is 3.47. The van der Waals surface area contributed by atoms with Crippen molar-refractivity contribution < 1.29 is 23.0 Å². The third-order valence-corrected chi connectivity index (χ3v) is 6.48. The normalized spacial score (nSPS) is 19.7. The topological polar surface area (TPSA) is 106 Å². The van der Waals surface area contributed by atoms with E-state index in [9.17, 15) is 9.18 Å². The highest BCUT2D eigenvalue weighted by molar-refractivity contribution is 5.99. The maximum absolute atomic E-state index is 15.4. The Bertz CT molecular complexity index is 1340. The summed E-state index contributed by atoms with van der Waals surface area (Å²) in [5.74, 6) is -1.96. The Labute approximate surface area is 200 Å². The summed E-state index contributed by atoms with van der Waals surface area (Å²) in [5, 5.41) is 4.19. The average Bonchev–Trinajstić information content (AvgIpc) is 3.19. The van der Waals surface area contributed by atoms with Gasteiger partial charge in [-0.1, -0.05) is 0 Å². The predicted octanol–water partition coefficient (Wildman–Crippen LogP) is 3.70. The minimum Gasteiger partial charge on any atom is -0.474 e. The molecule has 2 aliphatic heterocycles. The van der Waals surface area contributed by atoms with E-state index in [0.717, 1.165) is 10.5 Å². The molecule has 0 saturated carbocycles. The van der Waals surface area contributed by atoms with Crippen LogP contribution in [-0.4, -0.2) is 67.2 Å². The molecule has 1 amide bonds. The fraction of sp³-hybridized carbons (Fsp3) is 0.375. The lowest BCUT2D eigenvalue weighted by atomic mass is 9.97. The smallest absolute Gasteiger partial charge is 0.418 e. The van der Waals surface area contributed by atoms with Gasteiger partial charge >= 0.3 is 6.09 Å². The van der Waals surface area contributed by atoms with Crippen LogP contribution in [0.4, 0.5) is 30.8 Å². The number of hydrogen-bond donors (Lipinski definition) is 2. The fourth-order valence-corrected chi connectivity index (χ4v) is 4.48. The zero-order valence-corrected chi connectivity index (χ0v) is 19.7. The molecule has 0 radical (unpaired) electrons. The van der Waals surface area contributed by atoms with Crippen LogP contribution < -0.4 is 20.7 Å². The quantitative estimate of drug-likeness (QED) is 0.542. The van der Waals surface area contributed by atoms with Crippen molar-refractivity contribution in [3.63, 3.8) is 0 Å². The van der Waals surface area contributed by atoms with E-state index in [4.69, 9.17) is 15.2 Å². The van der Waals surface area contributed by atoms with Gasteiger partial charge in [0, 0.05) is 55.5 Å². The van der Waals surface area contributed by atoms with E-state index >= 15 is 4.39 Å². The molecule has 0 spiro atoms. The number of ether oxygens (including phenoxy) is 2. The highest BCUT2D eigenvalue weighted by Crippen LogP contribution is 2.40. The van der Waals surface area contributed by atoms with Crippen molar-refractivity contribution in [2.24, 2.45) is 0 Å². The average molecular weight is 485 g/mol. The first-order chi connectivity index (χ1) is 16.7. The van der Waals surface area contributed by atoms with Gasteiger partial charge in [-0.05, 0) is 37.1 Å². The number of nitrogens with zero attached hydrogens (tertiary/aromatic N) is 4. The maximum Gasteiger partial charge on any atom is 0.418 e. The number of alkyl halides is 1. The molecule has 2 aromatic heterocycles. The highest BCUT2D eigenvalue weighted by Gasteiger charge is 2.41. The molecule has 0 bridgehead atoms. The Balaban J connectivity index is 1.51. The summed E-state index contributed by atoms with van der Waals surface area (Å²) in [6.07, 6.45) is 2.17. The maximum atomic E-state index is 15.4. The summed E-state index contributed by atoms with van der Waals surface area (Å²) in [5.41, 5.74) is 8.37. The Morgan fingerprint density at radius 3 is 2.86 bits per heavy atom. The van der Waals surface area contributed by atoms with E-state index in [1.165, 1.54) is 13.2 Å². The second-order valence-electron chi connectivity index (χ2n) is 8.97. The third kappa shape index (κ3) is 4.05. The van der Waals surface area contributed by atoms with Gasteiger partial charge < -0.3 is 20.5 Å². The summed E-state index contributed by atoms with van der Waals surface area (Å²) in [4.78, 5) is 24.0. The number of aromatic nitrogens is 2. The Hall–Kier alpha value is -3.73. The number of benzene rings is 1. The van der Waals surface area contributed by atoms with Crippen LogP contribution in [0.3, 0.4) is 0 Å². The summed E-state index contributed by atoms with van der Waals surface area (Å²) in [6, 6.07) is 3.22. The fourth-order valence-electron chi connectivity index (χ4n) is 4.48. The van der Waals surface area contributed by atoms with Crippen LogP contribution >= 0.6 is 0 Å². The van der Waals surface area contributed by atoms with Gasteiger partial charge in [0.1, 0.15) is 18.1 Å². The van der Waals surface area contributed by atoms with Gasteiger partial charge in [0.2, 0.25) is 5.88 Å². The Kier molecular flexibility index (Phi) is 5.59. The van der Waals surface area contributed by atoms with Gasteiger partial charge in [0.25, 0.3) is 5.85 Å². The number of carbonyl (C=O) groups is 1. The van der Waals surface area contributed by atoms with E-state index in [0.29, 0.717) is 47.6 Å². The minimum atomic E-state index is -2.05. The van der Waals surface area contributed by atoms with Gasteiger partial charge in [-0.25, -0.2) is 19.2 Å². The molecule has 3 aromatic rings. The molecule has 1 atom stereocenters. The van der Waals surface area contributed by atoms with Crippen molar-refractivity contribution in [1.29, 1.82) is 0 Å². The van der Waals surface area contributed by atoms with Gasteiger partial charge in [-0.3, -0.25) is 9.80 Å². The molecule has 4 heterocycles. The zero-order chi connectivity index (χ0) is 24.9. The van der Waals surface area contributed by atoms with E-state index in [-0.39, 0.29) is 30.0 Å². The molecule has 35 heavy (non-hydrogen) atoms. The Morgan fingerprint density at radius 2 is 2.11 bits per heavy atom. The number of likely N-dealkylation sites (tertiary alicyclic amines) is 1. The van der Waals surface area contributed by atoms with E-state index in [1.807, 2.05) is 6.92 Å². The molecule has 2 aliphatic rings. The van der Waals surface area contributed by atoms with Gasteiger partial charge in [0.15, 0.2) is 5.82 Å². The molecule has 1 aromatic carbocycles. The van der Waals surface area contributed by atoms with Crippen LogP contribution in [0.25, 0.3) is 21.9 Å². The lowest BCUT2D eigenvalue weighted by molar-refractivity contribution is -0.0805. The third-order valence-electron chi connectivity index (χ3n) is 6.48. The number of halogens is 2. The van der Waals surface area contributed by atoms with E-state index in [1.54, 1.807) is 30.3 Å². The second kappa shape index (κ2) is 8.49. The molecule has 0 unspecified atom stereocenters. The highest BCUT2D eigenvalue weighted by atomic mass is 19.2. The number of likely N-dealkylation sites (N-methyl/N-ethyl adjacent to an activating group) is 1. The number of rotatable bonds is 3. The van der Waals surface area contributed by atoms with Gasteiger partial charge in [-0.2, -0.15) is 4.39 Å². The number of nitrogen functional groups attached to an aromatic ring is 1. The van der Waals surface area contributed by atoms with Crippen LogP contribution in [0.2, 0.25) is 0 Å². The molecule has 184 valence electrons. The first-order valence-electron chi connectivity index (χ1n) is 11.3. The van der Waals surface area contributed by atoms with E-state index in [2.05, 4.69) is 15.3 Å². The van der Waals surface area contributed by atoms with Crippen molar-refractivity contribution in [2.75, 3.05) is 56.3 Å². The second-order valence-corrected chi connectivity index (χ2v) is 8.97. The van der Waals surface area contributed by atoms with Crippen LogP contribution in [0, 0.1) is 12.7 Å². The predicted molar refractivity (Wildman–Crippen MR) is 129 cm³/mol. The van der Waals surface area contributed by atoms with Crippen molar-refractivity contribution in [3.8, 4) is 17.0 Å². The number of anilines is 3. The van der Waals surface area contributed by atoms with Crippen molar-refractivity contribution >= 4 is 34.1 Å². The van der Waals surface area contributed by atoms with Gasteiger partial charge in [0.05, 0.1) is 12.2 Å². The van der Waals surface area contributed by atoms with Crippen LogP contribution in [0.15, 0.2) is 24.5 Å². The standard InChI is InChI=1S/C24H26F2N6O3/c1-13-16(10-30-22-21(13)28-5-7-34-22)15-8-14-9-18(29-11-17(14)20(27)19(15)25)32(3)23(33)35-24(26)4-6-31(2)12-24/h8-11,28H,4-7,12,27H2,1-3H3/t24-/m0/s1. The largest absolute Gasteiger partial charge is 0.474 e.